The van der Waals surface area contributed by atoms with E-state index in [1.54, 1.807) is 6.92 Å². The lowest BCUT2D eigenvalue weighted by atomic mass is 10.2. The molecule has 0 aromatic rings. The van der Waals surface area contributed by atoms with Crippen LogP contribution in [0.5, 0.6) is 0 Å². The Balaban J connectivity index is 2.27. The third-order valence-corrected chi connectivity index (χ3v) is 2.33. The van der Waals surface area contributed by atoms with Crippen LogP contribution in [0.25, 0.3) is 0 Å². The molecule has 1 amide bonds. The van der Waals surface area contributed by atoms with Crippen molar-refractivity contribution in [2.24, 2.45) is 0 Å². The molecule has 0 saturated carbocycles. The van der Waals surface area contributed by atoms with Crippen LogP contribution in [0.2, 0.25) is 0 Å². The summed E-state index contributed by atoms with van der Waals surface area (Å²) in [5, 5.41) is 8.51. The van der Waals surface area contributed by atoms with Crippen LogP contribution < -0.4 is 0 Å². The highest BCUT2D eigenvalue weighted by Crippen LogP contribution is 2.17. The van der Waals surface area contributed by atoms with Crippen LogP contribution in [0.15, 0.2) is 0 Å². The van der Waals surface area contributed by atoms with Gasteiger partial charge < -0.3 is 14.7 Å². The number of aliphatic hydroxyl groups excluding tert-OH is 1. The summed E-state index contributed by atoms with van der Waals surface area (Å²) in [4.78, 5) is 13.0. The molecule has 1 saturated heterocycles. The largest absolute Gasteiger partial charge is 0.394 e. The van der Waals surface area contributed by atoms with Crippen molar-refractivity contribution < 1.29 is 14.6 Å². The first-order chi connectivity index (χ1) is 6.25. The van der Waals surface area contributed by atoms with E-state index in [9.17, 15) is 4.79 Å². The average Bonchev–Trinajstić information content (AvgIpc) is 2.53. The molecule has 1 rings (SSSR count). The Morgan fingerprint density at radius 3 is 3.08 bits per heavy atom. The van der Waals surface area contributed by atoms with E-state index in [4.69, 9.17) is 9.84 Å². The second-order valence-electron chi connectivity index (χ2n) is 3.31. The van der Waals surface area contributed by atoms with Gasteiger partial charge >= 0.3 is 0 Å². The fourth-order valence-corrected chi connectivity index (χ4v) is 1.71. The molecule has 1 fully saturated rings. The summed E-state index contributed by atoms with van der Waals surface area (Å²) in [6, 6.07) is 0.226. The van der Waals surface area contributed by atoms with Crippen LogP contribution in [0.3, 0.4) is 0 Å². The molecular weight excluding hydrogens is 170 g/mol. The van der Waals surface area contributed by atoms with Crippen molar-refractivity contribution in [1.29, 1.82) is 0 Å². The topological polar surface area (TPSA) is 49.8 Å². The molecule has 0 radical (unpaired) electrons. The molecule has 1 unspecified atom stereocenters. The fraction of sp³-hybridized carbons (Fsp3) is 0.889. The number of rotatable bonds is 4. The van der Waals surface area contributed by atoms with Crippen LogP contribution in [-0.2, 0) is 9.53 Å². The maximum absolute atomic E-state index is 11.1. The second kappa shape index (κ2) is 5.19. The zero-order chi connectivity index (χ0) is 9.68. The van der Waals surface area contributed by atoms with Crippen molar-refractivity contribution in [2.45, 2.75) is 25.8 Å². The molecule has 0 spiro atoms. The first-order valence-electron chi connectivity index (χ1n) is 4.71. The fourth-order valence-electron chi connectivity index (χ4n) is 1.71. The Labute approximate surface area is 78.5 Å². The predicted molar refractivity (Wildman–Crippen MR) is 48.3 cm³/mol. The van der Waals surface area contributed by atoms with Gasteiger partial charge in [0.15, 0.2) is 0 Å². The van der Waals surface area contributed by atoms with Crippen LogP contribution in [0.4, 0.5) is 0 Å². The lowest BCUT2D eigenvalue weighted by molar-refractivity contribution is -0.130. The van der Waals surface area contributed by atoms with E-state index >= 15 is 0 Å². The van der Waals surface area contributed by atoms with Gasteiger partial charge in [-0.2, -0.15) is 0 Å². The van der Waals surface area contributed by atoms with Gasteiger partial charge in [0.2, 0.25) is 5.91 Å². The van der Waals surface area contributed by atoms with E-state index in [0.717, 1.165) is 19.4 Å². The van der Waals surface area contributed by atoms with E-state index < -0.39 is 0 Å². The summed E-state index contributed by atoms with van der Waals surface area (Å²) < 4.78 is 5.20. The monoisotopic (exact) mass is 187 g/mol. The van der Waals surface area contributed by atoms with Crippen LogP contribution in [-0.4, -0.2) is 48.3 Å². The first kappa shape index (κ1) is 10.5. The van der Waals surface area contributed by atoms with Crippen LogP contribution in [0.1, 0.15) is 19.8 Å². The number of ether oxygens (including phenoxy) is 1. The minimum Gasteiger partial charge on any atom is -0.394 e. The SMILES string of the molecule is CC(=O)N1CCCC1COCCO. The minimum atomic E-state index is 0.0484. The summed E-state index contributed by atoms with van der Waals surface area (Å²) in [6.45, 7) is 3.40. The molecule has 4 nitrogen and oxygen atoms in total. The Morgan fingerprint density at radius 2 is 2.46 bits per heavy atom. The third-order valence-electron chi connectivity index (χ3n) is 2.33. The van der Waals surface area contributed by atoms with Gasteiger partial charge in [-0.1, -0.05) is 0 Å². The molecule has 1 aliphatic rings. The first-order valence-corrected chi connectivity index (χ1v) is 4.71. The van der Waals surface area contributed by atoms with Gasteiger partial charge in [0.05, 0.1) is 25.9 Å². The highest BCUT2D eigenvalue weighted by molar-refractivity contribution is 5.73. The van der Waals surface area contributed by atoms with Gasteiger partial charge in [-0.25, -0.2) is 0 Å². The maximum Gasteiger partial charge on any atom is 0.219 e. The van der Waals surface area contributed by atoms with Gasteiger partial charge in [-0.15, -0.1) is 0 Å². The van der Waals surface area contributed by atoms with E-state index in [-0.39, 0.29) is 18.6 Å². The van der Waals surface area contributed by atoms with E-state index in [0.29, 0.717) is 13.2 Å². The van der Waals surface area contributed by atoms with Crippen molar-refractivity contribution in [1.82, 2.24) is 4.90 Å². The number of hydrogen-bond acceptors (Lipinski definition) is 3. The molecule has 1 aliphatic heterocycles. The zero-order valence-electron chi connectivity index (χ0n) is 8.03. The van der Waals surface area contributed by atoms with Gasteiger partial charge in [-0.05, 0) is 12.8 Å². The number of carbonyl (C=O) groups is 1. The Bertz CT molecular complexity index is 172. The van der Waals surface area contributed by atoms with E-state index in [1.807, 2.05) is 4.90 Å². The van der Waals surface area contributed by atoms with Crippen LogP contribution in [0, 0.1) is 0 Å². The van der Waals surface area contributed by atoms with Crippen molar-refractivity contribution in [3.8, 4) is 0 Å². The quantitative estimate of drug-likeness (QED) is 0.630. The number of likely N-dealkylation sites (tertiary alicyclic amines) is 1. The maximum atomic E-state index is 11.1. The molecule has 76 valence electrons. The Hall–Kier alpha value is -0.610. The Kier molecular flexibility index (Phi) is 4.18. The van der Waals surface area contributed by atoms with Gasteiger partial charge in [0.25, 0.3) is 0 Å². The van der Waals surface area contributed by atoms with Crippen molar-refractivity contribution in [3.63, 3.8) is 0 Å². The van der Waals surface area contributed by atoms with Gasteiger partial charge in [-0.3, -0.25) is 4.79 Å². The lowest BCUT2D eigenvalue weighted by Crippen LogP contribution is -2.36. The summed E-state index contributed by atoms with van der Waals surface area (Å²) in [7, 11) is 0. The van der Waals surface area contributed by atoms with Gasteiger partial charge in [0, 0.05) is 13.5 Å². The molecule has 13 heavy (non-hydrogen) atoms. The number of aliphatic hydroxyl groups is 1. The van der Waals surface area contributed by atoms with E-state index in [2.05, 4.69) is 0 Å². The zero-order valence-corrected chi connectivity index (χ0v) is 8.03. The van der Waals surface area contributed by atoms with E-state index in [1.165, 1.54) is 0 Å². The smallest absolute Gasteiger partial charge is 0.219 e. The highest BCUT2D eigenvalue weighted by Gasteiger charge is 2.26. The molecule has 1 N–H and O–H groups in total. The van der Waals surface area contributed by atoms with Gasteiger partial charge in [0.1, 0.15) is 0 Å². The normalized spacial score (nSPS) is 22.3. The molecule has 0 aliphatic carbocycles. The lowest BCUT2D eigenvalue weighted by Gasteiger charge is -2.22. The second-order valence-corrected chi connectivity index (χ2v) is 3.31. The number of amides is 1. The van der Waals surface area contributed by atoms with Crippen molar-refractivity contribution in [3.05, 3.63) is 0 Å². The standard InChI is InChI=1S/C9H17NO3/c1-8(12)10-4-2-3-9(10)7-13-6-5-11/h9,11H,2-7H2,1H3. The molecule has 1 heterocycles. The summed E-state index contributed by atoms with van der Waals surface area (Å²) in [6.07, 6.45) is 2.08. The molecule has 0 aromatic heterocycles. The molecule has 1 atom stereocenters. The Morgan fingerprint density at radius 1 is 1.69 bits per heavy atom. The summed E-state index contributed by atoms with van der Waals surface area (Å²) in [5.41, 5.74) is 0. The van der Waals surface area contributed by atoms with Crippen molar-refractivity contribution in [2.75, 3.05) is 26.4 Å². The average molecular weight is 187 g/mol. The van der Waals surface area contributed by atoms with Crippen molar-refractivity contribution >= 4 is 5.91 Å². The minimum absolute atomic E-state index is 0.0484. The molecule has 0 aromatic carbocycles. The van der Waals surface area contributed by atoms with Crippen LogP contribution >= 0.6 is 0 Å². The number of carbonyl (C=O) groups excluding carboxylic acids is 1. The summed E-state index contributed by atoms with van der Waals surface area (Å²) in [5.74, 6) is 0.120. The molecular formula is C9H17NO3. The molecule has 0 bridgehead atoms. The molecule has 4 heteroatoms. The highest BCUT2D eigenvalue weighted by atomic mass is 16.5. The predicted octanol–water partition coefficient (Wildman–Crippen LogP) is 0.00620. The number of nitrogens with zero attached hydrogens (tertiary/aromatic N) is 1. The number of hydrogen-bond donors (Lipinski definition) is 1. The summed E-state index contributed by atoms with van der Waals surface area (Å²) >= 11 is 0. The third kappa shape index (κ3) is 2.97.